The van der Waals surface area contributed by atoms with E-state index in [-0.39, 0.29) is 18.4 Å². The van der Waals surface area contributed by atoms with Crippen molar-refractivity contribution >= 4 is 11.8 Å². The van der Waals surface area contributed by atoms with Gasteiger partial charge in [-0.2, -0.15) is 5.10 Å². The first-order valence-electron chi connectivity index (χ1n) is 13.7. The molecule has 1 N–H and O–H groups in total. The maximum atomic E-state index is 12.4. The molecule has 0 fully saturated rings. The molecule has 202 valence electrons. The van der Waals surface area contributed by atoms with E-state index in [4.69, 9.17) is 19.6 Å². The monoisotopic (exact) mass is 525 g/mol. The Hall–Kier alpha value is -4.20. The lowest BCUT2D eigenvalue weighted by Crippen LogP contribution is -2.18. The lowest BCUT2D eigenvalue weighted by Gasteiger charge is -2.18. The standard InChI is InChI=1S/C31H35N5O3/c1-2-38-30(37)20-28(25-14-16-29(33-21-25)39-22-23-8-4-3-5-9-23)36-19-17-27(35-36)12-6-11-26-15-13-24-10-7-18-32-31(24)34-26/h3-5,8-9,13-17,19,21,28H,2,6-7,10-12,18,20,22H2,1H3,(H,32,34). The van der Waals surface area contributed by atoms with Crippen molar-refractivity contribution in [3.8, 4) is 5.88 Å². The molecule has 8 heteroatoms. The van der Waals surface area contributed by atoms with Crippen molar-refractivity contribution in [1.29, 1.82) is 0 Å². The molecule has 1 unspecified atom stereocenters. The second-order valence-electron chi connectivity index (χ2n) is 9.71. The topological polar surface area (TPSA) is 91.2 Å². The minimum atomic E-state index is -0.318. The molecule has 0 aliphatic carbocycles. The lowest BCUT2D eigenvalue weighted by atomic mass is 10.1. The van der Waals surface area contributed by atoms with Gasteiger partial charge in [-0.05, 0) is 73.9 Å². The second-order valence-corrected chi connectivity index (χ2v) is 9.71. The third-order valence-corrected chi connectivity index (χ3v) is 6.84. The van der Waals surface area contributed by atoms with Gasteiger partial charge in [0.15, 0.2) is 0 Å². The molecule has 5 rings (SSSR count). The van der Waals surface area contributed by atoms with E-state index in [1.807, 2.05) is 66.3 Å². The van der Waals surface area contributed by atoms with Crippen LogP contribution in [0.15, 0.2) is 73.1 Å². The van der Waals surface area contributed by atoms with Crippen molar-refractivity contribution in [2.45, 2.75) is 58.1 Å². The molecule has 0 bridgehead atoms. The van der Waals surface area contributed by atoms with Crippen LogP contribution in [0.4, 0.5) is 5.82 Å². The van der Waals surface area contributed by atoms with Gasteiger partial charge in [0.25, 0.3) is 0 Å². The van der Waals surface area contributed by atoms with E-state index in [9.17, 15) is 4.79 Å². The van der Waals surface area contributed by atoms with Gasteiger partial charge in [0.1, 0.15) is 12.4 Å². The Labute approximate surface area is 229 Å². The third-order valence-electron chi connectivity index (χ3n) is 6.84. The molecular formula is C31H35N5O3. The van der Waals surface area contributed by atoms with Crippen LogP contribution in [0.25, 0.3) is 0 Å². The van der Waals surface area contributed by atoms with Crippen molar-refractivity contribution in [3.05, 3.63) is 101 Å². The highest BCUT2D eigenvalue weighted by Gasteiger charge is 2.21. The maximum absolute atomic E-state index is 12.4. The van der Waals surface area contributed by atoms with Gasteiger partial charge in [-0.25, -0.2) is 9.97 Å². The van der Waals surface area contributed by atoms with Crippen LogP contribution in [-0.4, -0.2) is 38.9 Å². The zero-order valence-corrected chi connectivity index (χ0v) is 22.4. The smallest absolute Gasteiger partial charge is 0.308 e. The number of hydrogen-bond acceptors (Lipinski definition) is 7. The molecule has 0 amide bonds. The average molecular weight is 526 g/mol. The first-order valence-corrected chi connectivity index (χ1v) is 13.7. The first-order chi connectivity index (χ1) is 19.2. The van der Waals surface area contributed by atoms with Crippen LogP contribution in [0.2, 0.25) is 0 Å². The average Bonchev–Trinajstić information content (AvgIpc) is 3.44. The number of aromatic nitrogens is 4. The molecule has 0 saturated carbocycles. The van der Waals surface area contributed by atoms with Gasteiger partial charge in [0, 0.05) is 30.7 Å². The number of carbonyl (C=O) groups is 1. The van der Waals surface area contributed by atoms with E-state index in [1.54, 1.807) is 6.20 Å². The van der Waals surface area contributed by atoms with E-state index in [2.05, 4.69) is 22.4 Å². The molecule has 39 heavy (non-hydrogen) atoms. The SMILES string of the molecule is CCOC(=O)CC(c1ccc(OCc2ccccc2)nc1)n1ccc(CCCc2ccc3c(n2)NCCC3)n1. The van der Waals surface area contributed by atoms with Gasteiger partial charge < -0.3 is 14.8 Å². The number of esters is 1. The number of carbonyl (C=O) groups excluding carboxylic acids is 1. The minimum absolute atomic E-state index is 0.174. The molecule has 4 aromatic rings. The van der Waals surface area contributed by atoms with Gasteiger partial charge in [0.05, 0.1) is 24.8 Å². The number of nitrogens with one attached hydrogen (secondary N) is 1. The fourth-order valence-corrected chi connectivity index (χ4v) is 4.79. The highest BCUT2D eigenvalue weighted by Crippen LogP contribution is 2.24. The predicted molar refractivity (Wildman–Crippen MR) is 150 cm³/mol. The van der Waals surface area contributed by atoms with Crippen molar-refractivity contribution in [2.75, 3.05) is 18.5 Å². The molecule has 0 saturated heterocycles. The number of fused-ring (bicyclic) bond motifs is 1. The summed E-state index contributed by atoms with van der Waals surface area (Å²) in [5.74, 6) is 1.30. The van der Waals surface area contributed by atoms with Crippen LogP contribution >= 0.6 is 0 Å². The number of pyridine rings is 2. The summed E-state index contributed by atoms with van der Waals surface area (Å²) in [7, 11) is 0. The quantitative estimate of drug-likeness (QED) is 0.250. The van der Waals surface area contributed by atoms with Gasteiger partial charge in [0.2, 0.25) is 5.88 Å². The van der Waals surface area contributed by atoms with Crippen molar-refractivity contribution in [3.63, 3.8) is 0 Å². The van der Waals surface area contributed by atoms with Crippen LogP contribution in [0.3, 0.4) is 0 Å². The summed E-state index contributed by atoms with van der Waals surface area (Å²) >= 11 is 0. The molecular weight excluding hydrogens is 490 g/mol. The Morgan fingerprint density at radius 3 is 2.74 bits per heavy atom. The number of ether oxygens (including phenoxy) is 2. The Morgan fingerprint density at radius 1 is 1.05 bits per heavy atom. The highest BCUT2D eigenvalue weighted by molar-refractivity contribution is 5.70. The van der Waals surface area contributed by atoms with E-state index in [0.29, 0.717) is 19.1 Å². The molecule has 0 radical (unpaired) electrons. The fraction of sp³-hybridized carbons (Fsp3) is 0.355. The largest absolute Gasteiger partial charge is 0.473 e. The molecule has 1 aliphatic rings. The summed E-state index contributed by atoms with van der Waals surface area (Å²) in [5, 5.41) is 8.22. The normalized spacial score (nSPS) is 13.3. The summed E-state index contributed by atoms with van der Waals surface area (Å²) in [4.78, 5) is 21.7. The van der Waals surface area contributed by atoms with Gasteiger partial charge in [-0.1, -0.05) is 36.4 Å². The van der Waals surface area contributed by atoms with Crippen LogP contribution in [-0.2, 0) is 35.4 Å². The maximum Gasteiger partial charge on any atom is 0.308 e. The number of benzene rings is 1. The Morgan fingerprint density at radius 2 is 1.92 bits per heavy atom. The van der Waals surface area contributed by atoms with Gasteiger partial charge in [-0.15, -0.1) is 0 Å². The zero-order chi connectivity index (χ0) is 26.9. The first kappa shape index (κ1) is 26.4. The van der Waals surface area contributed by atoms with Crippen LogP contribution in [0.5, 0.6) is 5.88 Å². The minimum Gasteiger partial charge on any atom is -0.473 e. The van der Waals surface area contributed by atoms with Crippen molar-refractivity contribution in [2.24, 2.45) is 0 Å². The summed E-state index contributed by atoms with van der Waals surface area (Å²) in [6.07, 6.45) is 8.78. The van der Waals surface area contributed by atoms with Crippen molar-refractivity contribution < 1.29 is 14.3 Å². The molecule has 0 spiro atoms. The number of anilines is 1. The van der Waals surface area contributed by atoms with E-state index < -0.39 is 0 Å². The molecule has 1 atom stereocenters. The van der Waals surface area contributed by atoms with E-state index in [1.165, 1.54) is 5.56 Å². The van der Waals surface area contributed by atoms with Crippen molar-refractivity contribution in [1.82, 2.24) is 19.7 Å². The van der Waals surface area contributed by atoms with Gasteiger partial charge >= 0.3 is 5.97 Å². The highest BCUT2D eigenvalue weighted by atomic mass is 16.5. The van der Waals surface area contributed by atoms with Crippen LogP contribution in [0, 0.1) is 0 Å². The Kier molecular flexibility index (Phi) is 8.83. The number of aryl methyl sites for hydroxylation is 3. The molecule has 3 aromatic heterocycles. The lowest BCUT2D eigenvalue weighted by molar-refractivity contribution is -0.143. The van der Waals surface area contributed by atoms with Gasteiger partial charge in [-0.3, -0.25) is 9.48 Å². The van der Waals surface area contributed by atoms with Crippen LogP contribution < -0.4 is 10.1 Å². The van der Waals surface area contributed by atoms with Crippen LogP contribution in [0.1, 0.15) is 60.3 Å². The second kappa shape index (κ2) is 13.0. The summed E-state index contributed by atoms with van der Waals surface area (Å²) in [6, 6.07) is 19.8. The summed E-state index contributed by atoms with van der Waals surface area (Å²) < 4.78 is 12.9. The molecule has 1 aliphatic heterocycles. The Bertz CT molecular complexity index is 1350. The summed E-state index contributed by atoms with van der Waals surface area (Å²) in [6.45, 7) is 3.59. The van der Waals surface area contributed by atoms with E-state index in [0.717, 1.165) is 67.0 Å². The zero-order valence-electron chi connectivity index (χ0n) is 22.4. The predicted octanol–water partition coefficient (Wildman–Crippen LogP) is 5.33. The number of rotatable bonds is 12. The van der Waals surface area contributed by atoms with E-state index >= 15 is 0 Å². The third kappa shape index (κ3) is 7.22. The molecule has 4 heterocycles. The fourth-order valence-electron chi connectivity index (χ4n) is 4.79. The molecule has 1 aromatic carbocycles. The number of nitrogens with zero attached hydrogens (tertiary/aromatic N) is 4. The summed E-state index contributed by atoms with van der Waals surface area (Å²) in [5.41, 5.74) is 5.34. The molecule has 8 nitrogen and oxygen atoms in total. The Balaban J connectivity index is 1.22. The number of hydrogen-bond donors (Lipinski definition) is 1.